The summed E-state index contributed by atoms with van der Waals surface area (Å²) in [6.07, 6.45) is 4.24. The van der Waals surface area contributed by atoms with Crippen LogP contribution >= 0.6 is 11.3 Å². The molecule has 0 saturated heterocycles. The molecule has 1 aliphatic heterocycles. The van der Waals surface area contributed by atoms with Gasteiger partial charge in [0.25, 0.3) is 0 Å². The lowest BCUT2D eigenvalue weighted by atomic mass is 10.1. The van der Waals surface area contributed by atoms with Gasteiger partial charge in [-0.15, -0.1) is 11.3 Å². The Labute approximate surface area is 140 Å². The highest BCUT2D eigenvalue weighted by Crippen LogP contribution is 2.23. The van der Waals surface area contributed by atoms with Gasteiger partial charge in [-0.25, -0.2) is 4.98 Å². The van der Waals surface area contributed by atoms with Gasteiger partial charge in [0, 0.05) is 37.1 Å². The summed E-state index contributed by atoms with van der Waals surface area (Å²) in [5.41, 5.74) is 3.95. The van der Waals surface area contributed by atoms with Gasteiger partial charge < -0.3 is 14.6 Å². The van der Waals surface area contributed by atoms with Crippen molar-refractivity contribution in [3.05, 3.63) is 51.6 Å². The number of aromatic nitrogens is 2. The summed E-state index contributed by atoms with van der Waals surface area (Å²) in [6, 6.07) is 8.59. The number of hydrogen-bond donors (Lipinski definition) is 1. The van der Waals surface area contributed by atoms with E-state index in [1.165, 1.54) is 32.0 Å². The zero-order chi connectivity index (χ0) is 15.6. The first kappa shape index (κ1) is 14.9. The number of fused-ring (bicyclic) bond motifs is 2. The SMILES string of the molecule is Cn1cc(CCNCc2nc3c(s2)COCC3)c2ccccc21. The minimum Gasteiger partial charge on any atom is -0.375 e. The first-order chi connectivity index (χ1) is 11.3. The highest BCUT2D eigenvalue weighted by atomic mass is 32.1. The second-order valence-electron chi connectivity index (χ2n) is 5.99. The van der Waals surface area contributed by atoms with Crippen molar-refractivity contribution in [3.63, 3.8) is 0 Å². The molecule has 4 nitrogen and oxygen atoms in total. The first-order valence-corrected chi connectivity index (χ1v) is 8.92. The lowest BCUT2D eigenvalue weighted by Crippen LogP contribution is -2.16. The van der Waals surface area contributed by atoms with Gasteiger partial charge in [0.05, 0.1) is 23.8 Å². The van der Waals surface area contributed by atoms with Crippen molar-refractivity contribution in [1.29, 1.82) is 0 Å². The second kappa shape index (κ2) is 6.43. The fourth-order valence-corrected chi connectivity index (χ4v) is 4.22. The Morgan fingerprint density at radius 2 is 2.26 bits per heavy atom. The average molecular weight is 327 g/mol. The molecule has 4 rings (SSSR count). The molecular formula is C18H21N3OS. The van der Waals surface area contributed by atoms with Crippen LogP contribution in [0.1, 0.15) is 21.1 Å². The van der Waals surface area contributed by atoms with E-state index in [4.69, 9.17) is 9.72 Å². The van der Waals surface area contributed by atoms with Crippen LogP contribution in [0.2, 0.25) is 0 Å². The van der Waals surface area contributed by atoms with Crippen molar-refractivity contribution in [1.82, 2.24) is 14.9 Å². The maximum absolute atomic E-state index is 5.48. The Morgan fingerprint density at radius 1 is 1.35 bits per heavy atom. The number of para-hydroxylation sites is 1. The molecule has 0 fully saturated rings. The molecule has 3 aromatic rings. The maximum atomic E-state index is 5.48. The second-order valence-corrected chi connectivity index (χ2v) is 7.16. The number of ether oxygens (including phenoxy) is 1. The molecule has 0 atom stereocenters. The molecule has 120 valence electrons. The number of aryl methyl sites for hydroxylation is 1. The Hall–Kier alpha value is -1.69. The smallest absolute Gasteiger partial charge is 0.107 e. The zero-order valence-electron chi connectivity index (χ0n) is 13.3. The molecule has 0 saturated carbocycles. The van der Waals surface area contributed by atoms with Gasteiger partial charge in [0.1, 0.15) is 5.01 Å². The van der Waals surface area contributed by atoms with Crippen molar-refractivity contribution < 1.29 is 4.74 Å². The van der Waals surface area contributed by atoms with Crippen LogP contribution < -0.4 is 5.32 Å². The molecular weight excluding hydrogens is 306 g/mol. The fourth-order valence-electron chi connectivity index (χ4n) is 3.20. The third-order valence-electron chi connectivity index (χ3n) is 4.37. The van der Waals surface area contributed by atoms with Gasteiger partial charge in [0.2, 0.25) is 0 Å². The van der Waals surface area contributed by atoms with Crippen LogP contribution in [-0.4, -0.2) is 22.7 Å². The number of rotatable bonds is 5. The van der Waals surface area contributed by atoms with Crippen LogP contribution in [0.4, 0.5) is 0 Å². The summed E-state index contributed by atoms with van der Waals surface area (Å²) in [5, 5.41) is 6.07. The van der Waals surface area contributed by atoms with E-state index in [0.29, 0.717) is 0 Å². The van der Waals surface area contributed by atoms with Gasteiger partial charge in [0.15, 0.2) is 0 Å². The molecule has 0 radical (unpaired) electrons. The van der Waals surface area contributed by atoms with Gasteiger partial charge >= 0.3 is 0 Å². The Bertz CT molecular complexity index is 797. The van der Waals surface area contributed by atoms with Gasteiger partial charge in [-0.05, 0) is 24.6 Å². The molecule has 0 amide bonds. The van der Waals surface area contributed by atoms with E-state index < -0.39 is 0 Å². The Kier molecular flexibility index (Phi) is 4.16. The fraction of sp³-hybridized carbons (Fsp3) is 0.389. The molecule has 0 aliphatic carbocycles. The van der Waals surface area contributed by atoms with Crippen LogP contribution in [0.15, 0.2) is 30.5 Å². The summed E-state index contributed by atoms with van der Waals surface area (Å²) in [7, 11) is 2.11. The summed E-state index contributed by atoms with van der Waals surface area (Å²) in [6.45, 7) is 3.37. The van der Waals surface area contributed by atoms with E-state index in [0.717, 1.165) is 39.1 Å². The number of nitrogens with zero attached hydrogens (tertiary/aromatic N) is 2. The van der Waals surface area contributed by atoms with Crippen LogP contribution in [0.5, 0.6) is 0 Å². The van der Waals surface area contributed by atoms with E-state index >= 15 is 0 Å². The Morgan fingerprint density at radius 3 is 3.17 bits per heavy atom. The highest BCUT2D eigenvalue weighted by molar-refractivity contribution is 7.11. The molecule has 0 bridgehead atoms. The minimum atomic E-state index is 0.739. The largest absolute Gasteiger partial charge is 0.375 e. The van der Waals surface area contributed by atoms with Crippen LogP contribution in [-0.2, 0) is 37.8 Å². The zero-order valence-corrected chi connectivity index (χ0v) is 14.2. The number of benzene rings is 1. The first-order valence-electron chi connectivity index (χ1n) is 8.10. The molecule has 2 aromatic heterocycles. The molecule has 3 heterocycles. The quantitative estimate of drug-likeness (QED) is 0.732. The minimum absolute atomic E-state index is 0.739. The highest BCUT2D eigenvalue weighted by Gasteiger charge is 2.15. The molecule has 0 unspecified atom stereocenters. The predicted octanol–water partition coefficient (Wildman–Crippen LogP) is 3.04. The molecule has 1 aliphatic rings. The number of hydrogen-bond acceptors (Lipinski definition) is 4. The van der Waals surface area contributed by atoms with E-state index in [9.17, 15) is 0 Å². The van der Waals surface area contributed by atoms with Crippen LogP contribution in [0.3, 0.4) is 0 Å². The van der Waals surface area contributed by atoms with Gasteiger partial charge in [-0.1, -0.05) is 18.2 Å². The van der Waals surface area contributed by atoms with Crippen LogP contribution in [0, 0.1) is 0 Å². The summed E-state index contributed by atoms with van der Waals surface area (Å²) < 4.78 is 7.69. The van der Waals surface area contributed by atoms with E-state index in [-0.39, 0.29) is 0 Å². The van der Waals surface area contributed by atoms with E-state index in [1.807, 2.05) is 0 Å². The molecule has 1 N–H and O–H groups in total. The predicted molar refractivity (Wildman–Crippen MR) is 93.8 cm³/mol. The van der Waals surface area contributed by atoms with Gasteiger partial charge in [-0.3, -0.25) is 0 Å². The monoisotopic (exact) mass is 327 g/mol. The maximum Gasteiger partial charge on any atom is 0.107 e. The lowest BCUT2D eigenvalue weighted by molar-refractivity contribution is 0.112. The van der Waals surface area contributed by atoms with Crippen LogP contribution in [0.25, 0.3) is 10.9 Å². The summed E-state index contributed by atoms with van der Waals surface area (Å²) in [5.74, 6) is 0. The third kappa shape index (κ3) is 3.04. The third-order valence-corrected chi connectivity index (χ3v) is 5.44. The van der Waals surface area contributed by atoms with E-state index in [2.05, 4.69) is 47.4 Å². The van der Waals surface area contributed by atoms with Crippen molar-refractivity contribution >= 4 is 22.2 Å². The van der Waals surface area contributed by atoms with Gasteiger partial charge in [-0.2, -0.15) is 0 Å². The average Bonchev–Trinajstić information content (AvgIpc) is 3.13. The van der Waals surface area contributed by atoms with Crippen molar-refractivity contribution in [2.45, 2.75) is 26.0 Å². The van der Waals surface area contributed by atoms with Crippen molar-refractivity contribution in [3.8, 4) is 0 Å². The molecule has 23 heavy (non-hydrogen) atoms. The molecule has 5 heteroatoms. The Balaban J connectivity index is 1.35. The molecule has 1 aromatic carbocycles. The standard InChI is InChI=1S/C18H21N3OS/c1-21-11-13(14-4-2-3-5-16(14)21)6-8-19-10-18-20-15-7-9-22-12-17(15)23-18/h2-5,11,19H,6-10,12H2,1H3. The topological polar surface area (TPSA) is 39.1 Å². The summed E-state index contributed by atoms with van der Waals surface area (Å²) in [4.78, 5) is 6.03. The van der Waals surface area contributed by atoms with Crippen molar-refractivity contribution in [2.24, 2.45) is 7.05 Å². The summed E-state index contributed by atoms with van der Waals surface area (Å²) >= 11 is 1.79. The lowest BCUT2D eigenvalue weighted by Gasteiger charge is -2.08. The number of thiazole rings is 1. The normalized spacial score (nSPS) is 14.3. The molecule has 0 spiro atoms. The van der Waals surface area contributed by atoms with E-state index in [1.54, 1.807) is 11.3 Å². The van der Waals surface area contributed by atoms with Crippen molar-refractivity contribution in [2.75, 3.05) is 13.2 Å². The number of nitrogens with one attached hydrogen (secondary N) is 1.